The van der Waals surface area contributed by atoms with Gasteiger partial charge in [-0.15, -0.1) is 10.2 Å². The molecule has 0 fully saturated rings. The molecule has 0 bridgehead atoms. The minimum Gasteiger partial charge on any atom is -0.258 e. The lowest BCUT2D eigenvalue weighted by Crippen LogP contribution is -1.92. The Morgan fingerprint density at radius 3 is 2.54 bits per heavy atom. The first-order valence-electron chi connectivity index (χ1n) is 7.89. The molecule has 0 saturated heterocycles. The number of non-ortho nitro benzene ring substituents is 1. The quantitative estimate of drug-likeness (QED) is 0.382. The summed E-state index contributed by atoms with van der Waals surface area (Å²) in [5.74, 6) is 0.550. The largest absolute Gasteiger partial charge is 0.270 e. The van der Waals surface area contributed by atoms with Gasteiger partial charge in [-0.2, -0.15) is 5.21 Å². The molecule has 8 heteroatoms. The average Bonchev–Trinajstić information content (AvgIpc) is 2.98. The summed E-state index contributed by atoms with van der Waals surface area (Å²) >= 11 is 5.99. The molecule has 7 nitrogen and oxygen atoms in total. The van der Waals surface area contributed by atoms with Crippen molar-refractivity contribution < 1.29 is 4.92 Å². The average molecular weight is 364 g/mol. The number of nitro benzene ring substituents is 1. The van der Waals surface area contributed by atoms with E-state index in [1.165, 1.54) is 0 Å². The number of fused-ring (bicyclic) bond motifs is 3. The van der Waals surface area contributed by atoms with Gasteiger partial charge in [0, 0.05) is 23.6 Å². The summed E-state index contributed by atoms with van der Waals surface area (Å²) in [4.78, 5) is 10.8. The van der Waals surface area contributed by atoms with Crippen LogP contribution in [0.4, 0.5) is 5.69 Å². The summed E-state index contributed by atoms with van der Waals surface area (Å²) in [5.41, 5.74) is 5.55. The highest BCUT2D eigenvalue weighted by Crippen LogP contribution is 2.59. The smallest absolute Gasteiger partial charge is 0.258 e. The number of nitro groups is 1. The first-order chi connectivity index (χ1) is 12.6. The fourth-order valence-electron chi connectivity index (χ4n) is 3.51. The van der Waals surface area contributed by atoms with Gasteiger partial charge in [-0.3, -0.25) is 10.1 Å². The number of aromatic amines is 1. The highest BCUT2D eigenvalue weighted by atomic mass is 35.5. The Bertz CT molecular complexity index is 1190. The zero-order valence-electron chi connectivity index (χ0n) is 13.2. The van der Waals surface area contributed by atoms with E-state index in [0.29, 0.717) is 17.3 Å². The molecule has 2 aromatic carbocycles. The van der Waals surface area contributed by atoms with Crippen molar-refractivity contribution in [1.82, 2.24) is 20.6 Å². The second kappa shape index (κ2) is 5.34. The lowest BCUT2D eigenvalue weighted by molar-refractivity contribution is -0.384. The van der Waals surface area contributed by atoms with Crippen LogP contribution in [0.5, 0.6) is 0 Å². The summed E-state index contributed by atoms with van der Waals surface area (Å²) in [7, 11) is 0. The SMILES string of the molecule is O=[N+]([O-])c1ccc2c3c(-c4ccc(Cl)cc4)c-3c(Cc3nn[nH]n3)c2c1. The van der Waals surface area contributed by atoms with E-state index in [1.54, 1.807) is 12.1 Å². The van der Waals surface area contributed by atoms with Crippen molar-refractivity contribution in [2.75, 3.05) is 0 Å². The lowest BCUT2D eigenvalue weighted by atomic mass is 10.0. The van der Waals surface area contributed by atoms with Crippen LogP contribution in [0.1, 0.15) is 11.4 Å². The topological polar surface area (TPSA) is 97.6 Å². The molecule has 126 valence electrons. The third-order valence-corrected chi connectivity index (χ3v) is 4.91. The van der Waals surface area contributed by atoms with Gasteiger partial charge in [0.05, 0.1) is 4.92 Å². The van der Waals surface area contributed by atoms with Gasteiger partial charge in [0.2, 0.25) is 0 Å². The Kier molecular flexibility index (Phi) is 3.07. The number of aromatic nitrogens is 4. The van der Waals surface area contributed by atoms with Crippen LogP contribution in [0.15, 0.2) is 42.5 Å². The van der Waals surface area contributed by atoms with Crippen LogP contribution in [0.2, 0.25) is 5.02 Å². The zero-order valence-corrected chi connectivity index (χ0v) is 14.0. The van der Waals surface area contributed by atoms with Crippen LogP contribution in [-0.2, 0) is 6.42 Å². The van der Waals surface area contributed by atoms with Crippen molar-refractivity contribution in [2.24, 2.45) is 0 Å². The van der Waals surface area contributed by atoms with Gasteiger partial charge in [-0.25, -0.2) is 0 Å². The molecule has 0 saturated carbocycles. The van der Waals surface area contributed by atoms with Crippen molar-refractivity contribution in [3.05, 3.63) is 69.0 Å². The molecule has 1 N–H and O–H groups in total. The Morgan fingerprint density at radius 1 is 1.04 bits per heavy atom. The van der Waals surface area contributed by atoms with Crippen molar-refractivity contribution in [1.29, 1.82) is 0 Å². The number of halogens is 1. The van der Waals surface area contributed by atoms with Crippen molar-refractivity contribution in [3.63, 3.8) is 0 Å². The maximum atomic E-state index is 11.2. The van der Waals surface area contributed by atoms with E-state index in [2.05, 4.69) is 20.6 Å². The summed E-state index contributed by atoms with van der Waals surface area (Å²) in [6.45, 7) is 0. The molecular weight excluding hydrogens is 354 g/mol. The summed E-state index contributed by atoms with van der Waals surface area (Å²) in [6.07, 6.45) is 0.459. The Hall–Kier alpha value is -3.32. The van der Waals surface area contributed by atoms with Crippen molar-refractivity contribution in [3.8, 4) is 22.3 Å². The van der Waals surface area contributed by atoms with Crippen LogP contribution in [0, 0.1) is 10.1 Å². The third kappa shape index (κ3) is 2.18. The van der Waals surface area contributed by atoms with Crippen LogP contribution >= 0.6 is 11.6 Å². The molecule has 5 rings (SSSR count). The maximum Gasteiger partial charge on any atom is 0.270 e. The molecule has 0 atom stereocenters. The van der Waals surface area contributed by atoms with Crippen LogP contribution in [0.3, 0.4) is 0 Å². The van der Waals surface area contributed by atoms with Gasteiger partial charge in [0.1, 0.15) is 0 Å². The monoisotopic (exact) mass is 363 g/mol. The highest BCUT2D eigenvalue weighted by Gasteiger charge is 2.35. The van der Waals surface area contributed by atoms with Gasteiger partial charge in [0.15, 0.2) is 5.82 Å². The van der Waals surface area contributed by atoms with Crippen LogP contribution in [-0.4, -0.2) is 25.5 Å². The van der Waals surface area contributed by atoms with E-state index >= 15 is 0 Å². The van der Waals surface area contributed by atoms with Gasteiger partial charge in [-0.05, 0) is 56.8 Å². The molecule has 0 spiro atoms. The number of benzene rings is 3. The van der Waals surface area contributed by atoms with E-state index in [9.17, 15) is 10.1 Å². The molecule has 0 unspecified atom stereocenters. The number of hydrogen-bond acceptors (Lipinski definition) is 5. The van der Waals surface area contributed by atoms with Crippen LogP contribution in [0.25, 0.3) is 33.0 Å². The molecule has 26 heavy (non-hydrogen) atoms. The second-order valence-corrected chi connectivity index (χ2v) is 6.54. The second-order valence-electron chi connectivity index (χ2n) is 6.10. The number of rotatable bonds is 4. The first kappa shape index (κ1) is 15.0. The van der Waals surface area contributed by atoms with Crippen LogP contribution < -0.4 is 0 Å². The van der Waals surface area contributed by atoms with Crippen molar-refractivity contribution >= 4 is 28.1 Å². The minimum atomic E-state index is -0.380. The molecular formula is C18H10ClN5O2. The number of tetrazole rings is 1. The van der Waals surface area contributed by atoms with Gasteiger partial charge < -0.3 is 0 Å². The maximum absolute atomic E-state index is 11.2. The molecule has 1 aromatic heterocycles. The first-order valence-corrected chi connectivity index (χ1v) is 8.27. The number of hydrogen-bond donors (Lipinski definition) is 1. The van der Waals surface area contributed by atoms with E-state index in [0.717, 1.165) is 38.6 Å². The van der Waals surface area contributed by atoms with E-state index < -0.39 is 0 Å². The molecule has 2 aliphatic rings. The fraction of sp³-hybridized carbons (Fsp3) is 0.0556. The number of nitrogens with one attached hydrogen (secondary N) is 1. The van der Waals surface area contributed by atoms with Gasteiger partial charge >= 0.3 is 0 Å². The Morgan fingerprint density at radius 2 is 1.85 bits per heavy atom. The molecule has 3 aromatic rings. The molecule has 0 radical (unpaired) electrons. The predicted molar refractivity (Wildman–Crippen MR) is 97.0 cm³/mol. The lowest BCUT2D eigenvalue weighted by Gasteiger charge is -2.00. The zero-order chi connectivity index (χ0) is 17.8. The van der Waals surface area contributed by atoms with Crippen molar-refractivity contribution in [2.45, 2.75) is 6.42 Å². The van der Waals surface area contributed by atoms with E-state index in [-0.39, 0.29) is 10.6 Å². The normalized spacial score (nSPS) is 11.7. The molecule has 2 aliphatic carbocycles. The minimum absolute atomic E-state index is 0.0740. The summed E-state index contributed by atoms with van der Waals surface area (Å²) in [5, 5.41) is 27.8. The summed E-state index contributed by atoms with van der Waals surface area (Å²) in [6, 6.07) is 12.6. The van der Waals surface area contributed by atoms with Gasteiger partial charge in [0.25, 0.3) is 5.69 Å². The van der Waals surface area contributed by atoms with E-state index in [1.807, 2.05) is 30.3 Å². The van der Waals surface area contributed by atoms with Gasteiger partial charge in [-0.1, -0.05) is 28.9 Å². The third-order valence-electron chi connectivity index (χ3n) is 4.65. The standard InChI is InChI=1S/C18H10ClN5O2/c19-10-3-1-9(2-4-10)16-17-12-6-5-11(24(25)26)7-13(12)14(18(16)17)8-15-20-22-23-21-15/h1-7H,8H2,(H,20,21,22,23). The molecule has 0 amide bonds. The Labute approximate surface area is 151 Å². The predicted octanol–water partition coefficient (Wildman–Crippen LogP) is 4.15. The molecule has 1 heterocycles. The highest BCUT2D eigenvalue weighted by molar-refractivity contribution is 6.31. The number of nitrogens with zero attached hydrogens (tertiary/aromatic N) is 4. The number of H-pyrrole nitrogens is 1. The summed E-state index contributed by atoms with van der Waals surface area (Å²) < 4.78 is 0. The van der Waals surface area contributed by atoms with E-state index in [4.69, 9.17) is 11.6 Å². The molecule has 0 aliphatic heterocycles. The fourth-order valence-corrected chi connectivity index (χ4v) is 3.64. The Balaban J connectivity index is 1.72.